The second-order valence-corrected chi connectivity index (χ2v) is 15.0. The van der Waals surface area contributed by atoms with Crippen LogP contribution in [-0.2, 0) is 0 Å². The third-order valence-electron chi connectivity index (χ3n) is 11.3. The summed E-state index contributed by atoms with van der Waals surface area (Å²) >= 11 is 0. The fraction of sp³-hybridized carbons (Fsp3) is 0.0545. The van der Waals surface area contributed by atoms with Gasteiger partial charge in [0.1, 0.15) is 0 Å². The van der Waals surface area contributed by atoms with E-state index in [1.165, 1.54) is 77.2 Å². The Labute approximate surface area is 334 Å². The second-order valence-electron chi connectivity index (χ2n) is 15.0. The number of aromatic nitrogens is 1. The molecular formula is C55H40N2. The fourth-order valence-electron chi connectivity index (χ4n) is 8.33. The molecule has 0 spiro atoms. The highest BCUT2D eigenvalue weighted by Gasteiger charge is 2.19. The van der Waals surface area contributed by atoms with E-state index in [0.717, 1.165) is 28.9 Å². The molecule has 8 aromatic carbocycles. The smallest absolute Gasteiger partial charge is 0.0701 e. The molecule has 1 aliphatic rings. The van der Waals surface area contributed by atoms with Gasteiger partial charge in [0.05, 0.1) is 11.4 Å². The van der Waals surface area contributed by atoms with Crippen molar-refractivity contribution in [3.05, 3.63) is 206 Å². The molecule has 1 aliphatic heterocycles. The highest BCUT2D eigenvalue weighted by atomic mass is 14.7. The van der Waals surface area contributed by atoms with Gasteiger partial charge in [0.2, 0.25) is 0 Å². The molecule has 57 heavy (non-hydrogen) atoms. The number of benzene rings is 8. The molecule has 1 aromatic heterocycles. The number of pyridine rings is 1. The van der Waals surface area contributed by atoms with Crippen LogP contribution in [0.5, 0.6) is 0 Å². The van der Waals surface area contributed by atoms with Crippen LogP contribution in [0.3, 0.4) is 0 Å². The summed E-state index contributed by atoms with van der Waals surface area (Å²) in [4.78, 5) is 9.40. The summed E-state index contributed by atoms with van der Waals surface area (Å²) in [6.07, 6.45) is 7.20. The van der Waals surface area contributed by atoms with Crippen molar-refractivity contribution in [2.75, 3.05) is 0 Å². The Hall–Kier alpha value is -7.16. The van der Waals surface area contributed by atoms with Gasteiger partial charge in [-0.2, -0.15) is 0 Å². The van der Waals surface area contributed by atoms with Crippen LogP contribution in [0.4, 0.5) is 0 Å². The zero-order chi connectivity index (χ0) is 38.1. The first kappa shape index (κ1) is 34.3. The molecule has 1 unspecified atom stereocenters. The van der Waals surface area contributed by atoms with Gasteiger partial charge >= 0.3 is 0 Å². The van der Waals surface area contributed by atoms with Crippen LogP contribution in [0.1, 0.15) is 18.9 Å². The first-order valence-corrected chi connectivity index (χ1v) is 19.8. The summed E-state index contributed by atoms with van der Waals surface area (Å²) in [5.41, 5.74) is 16.3. The quantitative estimate of drug-likeness (QED) is 0.150. The molecule has 2 nitrogen and oxygen atoms in total. The molecule has 270 valence electrons. The molecule has 1 atom stereocenters. The zero-order valence-corrected chi connectivity index (χ0v) is 31.8. The Morgan fingerprint density at radius 2 is 0.877 bits per heavy atom. The lowest BCUT2D eigenvalue weighted by molar-refractivity contribution is 0.799. The maximum absolute atomic E-state index is 4.78. The van der Waals surface area contributed by atoms with Crippen LogP contribution < -0.4 is 0 Å². The summed E-state index contributed by atoms with van der Waals surface area (Å²) in [7, 11) is 0. The average Bonchev–Trinajstić information content (AvgIpc) is 3.29. The van der Waals surface area contributed by atoms with Crippen molar-refractivity contribution in [3.63, 3.8) is 0 Å². The standard InChI is InChI=1S/C55H40N2/c1-37-19-30-53(57-36-37)41-22-24-42(25-23-41)54-48-16-8-9-17-49(48)55(43-26-20-40(21-27-43)52-18-10-11-31-56-52)51-35-44(28-29-50(51)54)47-33-45(38-12-4-2-5-13-38)32-46(34-47)39-14-6-3-7-15-39/h2-18,20-37H,19H2,1H3. The van der Waals surface area contributed by atoms with Crippen LogP contribution in [0.2, 0.25) is 0 Å². The van der Waals surface area contributed by atoms with Gasteiger partial charge in [0, 0.05) is 18.0 Å². The van der Waals surface area contributed by atoms with Crippen molar-refractivity contribution < 1.29 is 0 Å². The molecule has 2 heterocycles. The van der Waals surface area contributed by atoms with Crippen LogP contribution in [0, 0.1) is 5.92 Å². The van der Waals surface area contributed by atoms with Gasteiger partial charge in [-0.25, -0.2) is 0 Å². The van der Waals surface area contributed by atoms with E-state index in [-0.39, 0.29) is 0 Å². The molecule has 10 rings (SSSR count). The summed E-state index contributed by atoms with van der Waals surface area (Å²) in [5, 5.41) is 4.90. The third kappa shape index (κ3) is 6.66. The van der Waals surface area contributed by atoms with Crippen molar-refractivity contribution in [1.29, 1.82) is 0 Å². The molecule has 0 saturated carbocycles. The summed E-state index contributed by atoms with van der Waals surface area (Å²) in [5.74, 6) is 0.478. The lowest BCUT2D eigenvalue weighted by Crippen LogP contribution is -1.99. The van der Waals surface area contributed by atoms with E-state index in [2.05, 4.69) is 200 Å². The maximum Gasteiger partial charge on any atom is 0.0701 e. The predicted molar refractivity (Wildman–Crippen MR) is 242 cm³/mol. The normalized spacial score (nSPS) is 13.8. The first-order chi connectivity index (χ1) is 28.2. The lowest BCUT2D eigenvalue weighted by Gasteiger charge is -2.19. The van der Waals surface area contributed by atoms with Crippen LogP contribution in [0.25, 0.3) is 94.1 Å². The number of hydrogen-bond donors (Lipinski definition) is 0. The first-order valence-electron chi connectivity index (χ1n) is 19.8. The van der Waals surface area contributed by atoms with Gasteiger partial charge in [-0.15, -0.1) is 0 Å². The molecule has 0 saturated heterocycles. The van der Waals surface area contributed by atoms with E-state index in [1.807, 2.05) is 18.3 Å². The summed E-state index contributed by atoms with van der Waals surface area (Å²) < 4.78 is 0. The van der Waals surface area contributed by atoms with Crippen molar-refractivity contribution >= 4 is 33.5 Å². The highest BCUT2D eigenvalue weighted by molar-refractivity contribution is 6.22. The van der Waals surface area contributed by atoms with E-state index in [4.69, 9.17) is 4.99 Å². The van der Waals surface area contributed by atoms with E-state index >= 15 is 0 Å². The monoisotopic (exact) mass is 728 g/mol. The number of nitrogens with zero attached hydrogens (tertiary/aromatic N) is 2. The van der Waals surface area contributed by atoms with Gasteiger partial charge in [-0.05, 0) is 131 Å². The number of hydrogen-bond acceptors (Lipinski definition) is 2. The number of allylic oxidation sites excluding steroid dienone is 1. The molecule has 0 N–H and O–H groups in total. The van der Waals surface area contributed by atoms with Crippen molar-refractivity contribution in [2.24, 2.45) is 10.9 Å². The minimum Gasteiger partial charge on any atom is -0.261 e. The Balaban J connectivity index is 1.20. The Bertz CT molecular complexity index is 2890. The molecule has 0 bridgehead atoms. The fourth-order valence-corrected chi connectivity index (χ4v) is 8.33. The molecular weight excluding hydrogens is 689 g/mol. The summed E-state index contributed by atoms with van der Waals surface area (Å²) in [6, 6.07) is 68.4. The minimum atomic E-state index is 0.478. The van der Waals surface area contributed by atoms with Crippen LogP contribution >= 0.6 is 0 Å². The zero-order valence-electron chi connectivity index (χ0n) is 31.8. The topological polar surface area (TPSA) is 25.2 Å². The predicted octanol–water partition coefficient (Wildman–Crippen LogP) is 14.8. The molecule has 9 aromatic rings. The highest BCUT2D eigenvalue weighted by Crippen LogP contribution is 2.46. The van der Waals surface area contributed by atoms with Crippen LogP contribution in [-0.4, -0.2) is 11.2 Å². The van der Waals surface area contributed by atoms with Crippen molar-refractivity contribution in [3.8, 4) is 66.9 Å². The maximum atomic E-state index is 4.78. The average molecular weight is 729 g/mol. The number of rotatable bonds is 7. The molecule has 0 aliphatic carbocycles. The molecule has 0 fully saturated rings. The van der Waals surface area contributed by atoms with E-state index < -0.39 is 0 Å². The summed E-state index contributed by atoms with van der Waals surface area (Å²) in [6.45, 7) is 2.21. The number of aliphatic imine (C=N–C) groups is 1. The molecule has 0 amide bonds. The largest absolute Gasteiger partial charge is 0.261 e. The Morgan fingerprint density at radius 1 is 0.386 bits per heavy atom. The Morgan fingerprint density at radius 3 is 1.44 bits per heavy atom. The van der Waals surface area contributed by atoms with Gasteiger partial charge in [-0.3, -0.25) is 9.98 Å². The Kier molecular flexibility index (Phi) is 8.93. The van der Waals surface area contributed by atoms with Crippen molar-refractivity contribution in [1.82, 2.24) is 4.98 Å². The number of fused-ring (bicyclic) bond motifs is 2. The van der Waals surface area contributed by atoms with E-state index in [0.29, 0.717) is 5.92 Å². The lowest BCUT2D eigenvalue weighted by atomic mass is 9.84. The van der Waals surface area contributed by atoms with Gasteiger partial charge in [-0.1, -0.05) is 165 Å². The molecule has 0 radical (unpaired) electrons. The molecule has 2 heteroatoms. The second kappa shape index (κ2) is 14.8. The van der Waals surface area contributed by atoms with Gasteiger partial charge in [0.15, 0.2) is 0 Å². The third-order valence-corrected chi connectivity index (χ3v) is 11.3. The minimum absolute atomic E-state index is 0.478. The van der Waals surface area contributed by atoms with E-state index in [1.54, 1.807) is 0 Å². The van der Waals surface area contributed by atoms with Crippen LogP contribution in [0.15, 0.2) is 205 Å². The van der Waals surface area contributed by atoms with E-state index in [9.17, 15) is 0 Å². The van der Waals surface area contributed by atoms with Gasteiger partial charge < -0.3 is 0 Å². The SMILES string of the molecule is CC1C=NC(c2ccc(-c3c4ccccc4c(-c4ccc(-c5ccccn5)cc4)c4cc(-c5cc(-c6ccccc6)cc(-c6ccccc6)c5)ccc34)cc2)=CC1. The van der Waals surface area contributed by atoms with Gasteiger partial charge in [0.25, 0.3) is 0 Å². The van der Waals surface area contributed by atoms with Crippen molar-refractivity contribution in [2.45, 2.75) is 13.3 Å².